The Balaban J connectivity index is 2.79. The van der Waals surface area contributed by atoms with E-state index in [0.717, 1.165) is 0 Å². The molecule has 0 amide bonds. The summed E-state index contributed by atoms with van der Waals surface area (Å²) < 4.78 is 1.23. The molecule has 2 rings (SSSR count). The summed E-state index contributed by atoms with van der Waals surface area (Å²) in [5.41, 5.74) is 0.603. The van der Waals surface area contributed by atoms with Gasteiger partial charge in [0.15, 0.2) is 6.29 Å². The molecule has 0 atom stereocenters. The molecule has 0 fully saturated rings. The Hall–Kier alpha value is -2.31. The molecule has 0 saturated carbocycles. The second-order valence-corrected chi connectivity index (χ2v) is 2.96. The van der Waals surface area contributed by atoms with Crippen molar-refractivity contribution >= 4 is 17.6 Å². The molecule has 0 aliphatic carbocycles. The zero-order valence-corrected chi connectivity index (χ0v) is 7.75. The van der Waals surface area contributed by atoms with Crippen LogP contribution in [0.1, 0.15) is 16.1 Å². The van der Waals surface area contributed by atoms with Gasteiger partial charge in [-0.3, -0.25) is 14.9 Å². The van der Waals surface area contributed by atoms with Crippen LogP contribution in [0.25, 0.3) is 5.65 Å². The highest BCUT2D eigenvalue weighted by Gasteiger charge is 2.21. The number of aldehydes is 1. The predicted molar refractivity (Wildman–Crippen MR) is 49.8 cm³/mol. The molecule has 0 saturated heterocycles. The van der Waals surface area contributed by atoms with Gasteiger partial charge in [0, 0.05) is 12.4 Å². The molecule has 0 aliphatic heterocycles. The maximum absolute atomic E-state index is 10.7. The normalized spacial score (nSPS) is 10.5. The van der Waals surface area contributed by atoms with E-state index in [4.69, 9.17) is 0 Å². The van der Waals surface area contributed by atoms with E-state index in [-0.39, 0.29) is 17.0 Å². The van der Waals surface area contributed by atoms with Gasteiger partial charge in [0.25, 0.3) is 0 Å². The largest absolute Gasteiger partial charge is 0.336 e. The quantitative estimate of drug-likeness (QED) is 0.411. The molecule has 0 radical (unpaired) electrons. The van der Waals surface area contributed by atoms with Crippen LogP contribution in [0.5, 0.6) is 0 Å². The van der Waals surface area contributed by atoms with Crippen LogP contribution in [0.4, 0.5) is 5.69 Å². The summed E-state index contributed by atoms with van der Waals surface area (Å²) in [6.45, 7) is 1.52. The number of hydrogen-bond acceptors (Lipinski definition) is 5. The molecule has 0 spiro atoms. The third kappa shape index (κ3) is 1.33. The second kappa shape index (κ2) is 3.12. The van der Waals surface area contributed by atoms with Crippen LogP contribution < -0.4 is 0 Å². The summed E-state index contributed by atoms with van der Waals surface area (Å²) in [6.07, 6.45) is 3.28. The number of carbonyl (C=O) groups excluding carboxylic acids is 1. The fourth-order valence-corrected chi connectivity index (χ4v) is 1.32. The van der Waals surface area contributed by atoms with Gasteiger partial charge >= 0.3 is 5.69 Å². The number of fused-ring (bicyclic) bond motifs is 1. The van der Waals surface area contributed by atoms with Crippen molar-refractivity contribution in [2.24, 2.45) is 0 Å². The molecular weight excluding hydrogens is 200 g/mol. The third-order valence-corrected chi connectivity index (χ3v) is 1.96. The number of rotatable bonds is 2. The first-order valence-corrected chi connectivity index (χ1v) is 4.08. The minimum absolute atomic E-state index is 0.132. The average Bonchev–Trinajstić information content (AvgIpc) is 2.52. The van der Waals surface area contributed by atoms with Gasteiger partial charge < -0.3 is 0 Å². The Bertz CT molecular complexity index is 560. The molecule has 0 bridgehead atoms. The molecule has 0 unspecified atom stereocenters. The summed E-state index contributed by atoms with van der Waals surface area (Å²) in [7, 11) is 0. The van der Waals surface area contributed by atoms with Gasteiger partial charge in [0.1, 0.15) is 5.69 Å². The van der Waals surface area contributed by atoms with Crippen molar-refractivity contribution in [2.45, 2.75) is 6.92 Å². The predicted octanol–water partition coefficient (Wildman–Crippen LogP) is 0.758. The lowest BCUT2D eigenvalue weighted by Crippen LogP contribution is -1.94. The highest BCUT2D eigenvalue weighted by Crippen LogP contribution is 2.21. The molecule has 0 aliphatic rings. The highest BCUT2D eigenvalue weighted by atomic mass is 16.6. The number of aryl methyl sites for hydroxylation is 1. The van der Waals surface area contributed by atoms with Crippen LogP contribution in [-0.2, 0) is 0 Å². The first-order valence-electron chi connectivity index (χ1n) is 4.08. The second-order valence-electron chi connectivity index (χ2n) is 2.96. The van der Waals surface area contributed by atoms with Crippen molar-refractivity contribution in [3.63, 3.8) is 0 Å². The summed E-state index contributed by atoms with van der Waals surface area (Å²) in [4.78, 5) is 24.4. The van der Waals surface area contributed by atoms with E-state index in [9.17, 15) is 14.9 Å². The van der Waals surface area contributed by atoms with Gasteiger partial charge in [-0.15, -0.1) is 0 Å². The van der Waals surface area contributed by atoms with Gasteiger partial charge in [0.2, 0.25) is 5.65 Å². The van der Waals surface area contributed by atoms with Gasteiger partial charge in [-0.25, -0.2) is 9.50 Å². The molecule has 0 aromatic carbocycles. The summed E-state index contributed by atoms with van der Waals surface area (Å²) in [6, 6.07) is 0. The Morgan fingerprint density at radius 1 is 1.60 bits per heavy atom. The van der Waals surface area contributed by atoms with E-state index in [1.807, 2.05) is 0 Å². The molecule has 2 aromatic heterocycles. The maximum Gasteiger partial charge on any atom is 0.336 e. The lowest BCUT2D eigenvalue weighted by molar-refractivity contribution is -0.383. The van der Waals surface area contributed by atoms with E-state index < -0.39 is 4.92 Å². The number of hydrogen-bond donors (Lipinski definition) is 0. The lowest BCUT2D eigenvalue weighted by Gasteiger charge is -1.92. The van der Waals surface area contributed by atoms with E-state index in [0.29, 0.717) is 11.8 Å². The van der Waals surface area contributed by atoms with Crippen molar-refractivity contribution < 1.29 is 9.72 Å². The average molecular weight is 206 g/mol. The molecule has 76 valence electrons. The minimum Gasteiger partial charge on any atom is -0.298 e. The first-order chi connectivity index (χ1) is 7.13. The lowest BCUT2D eigenvalue weighted by atomic mass is 10.3. The monoisotopic (exact) mass is 206 g/mol. The summed E-state index contributed by atoms with van der Waals surface area (Å²) >= 11 is 0. The van der Waals surface area contributed by atoms with Crippen molar-refractivity contribution in [1.29, 1.82) is 0 Å². The molecule has 0 N–H and O–H groups in total. The van der Waals surface area contributed by atoms with Crippen LogP contribution in [-0.4, -0.2) is 25.8 Å². The van der Waals surface area contributed by atoms with Crippen molar-refractivity contribution in [1.82, 2.24) is 14.6 Å². The molecule has 2 heterocycles. The van der Waals surface area contributed by atoms with E-state index >= 15 is 0 Å². The number of nitrogens with zero attached hydrogens (tertiary/aromatic N) is 4. The first kappa shape index (κ1) is 9.25. The van der Waals surface area contributed by atoms with E-state index in [2.05, 4.69) is 10.1 Å². The minimum atomic E-state index is -0.536. The van der Waals surface area contributed by atoms with Crippen LogP contribution in [0, 0.1) is 17.0 Å². The molecular formula is C8H6N4O3. The third-order valence-electron chi connectivity index (χ3n) is 1.96. The number of nitro groups is 1. The SMILES string of the molecule is Cc1nn2cc(C=O)cnc2c1[N+](=O)[O-]. The van der Waals surface area contributed by atoms with Crippen LogP contribution >= 0.6 is 0 Å². The van der Waals surface area contributed by atoms with E-state index in [1.54, 1.807) is 0 Å². The van der Waals surface area contributed by atoms with Crippen LogP contribution in [0.3, 0.4) is 0 Å². The van der Waals surface area contributed by atoms with Gasteiger partial charge in [-0.2, -0.15) is 5.10 Å². The standard InChI is InChI=1S/C8H6N4O3/c1-5-7(12(14)15)8-9-2-6(4-13)3-11(8)10-5/h2-4H,1H3. The van der Waals surface area contributed by atoms with Crippen molar-refractivity contribution in [3.05, 3.63) is 33.8 Å². The zero-order valence-electron chi connectivity index (χ0n) is 7.75. The highest BCUT2D eigenvalue weighted by molar-refractivity contribution is 5.75. The number of aromatic nitrogens is 3. The van der Waals surface area contributed by atoms with Gasteiger partial charge in [-0.05, 0) is 6.92 Å². The zero-order chi connectivity index (χ0) is 11.0. The smallest absolute Gasteiger partial charge is 0.298 e. The van der Waals surface area contributed by atoms with Gasteiger partial charge in [0.05, 0.1) is 10.5 Å². The van der Waals surface area contributed by atoms with E-state index in [1.165, 1.54) is 23.8 Å². The molecule has 2 aromatic rings. The Labute approximate surface area is 83.5 Å². The summed E-state index contributed by atoms with van der Waals surface area (Å²) in [5, 5.41) is 14.6. The maximum atomic E-state index is 10.7. The van der Waals surface area contributed by atoms with Crippen LogP contribution in [0.2, 0.25) is 0 Å². The molecule has 7 nitrogen and oxygen atoms in total. The Kier molecular flexibility index (Phi) is 1.93. The fraction of sp³-hybridized carbons (Fsp3) is 0.125. The fourth-order valence-electron chi connectivity index (χ4n) is 1.32. The Morgan fingerprint density at radius 3 is 2.93 bits per heavy atom. The summed E-state index contributed by atoms with van der Waals surface area (Å²) in [5.74, 6) is 0. The van der Waals surface area contributed by atoms with Gasteiger partial charge in [-0.1, -0.05) is 0 Å². The topological polar surface area (TPSA) is 90.4 Å². The Morgan fingerprint density at radius 2 is 2.33 bits per heavy atom. The van der Waals surface area contributed by atoms with Crippen molar-refractivity contribution in [3.8, 4) is 0 Å². The molecule has 15 heavy (non-hydrogen) atoms. The molecule has 7 heteroatoms. The van der Waals surface area contributed by atoms with Crippen LogP contribution in [0.15, 0.2) is 12.4 Å². The number of carbonyl (C=O) groups is 1. The van der Waals surface area contributed by atoms with Crippen molar-refractivity contribution in [2.75, 3.05) is 0 Å².